The Kier molecular flexibility index (Phi) is 6.83. The molecule has 1 aliphatic rings. The van der Waals surface area contributed by atoms with Gasteiger partial charge in [0.25, 0.3) is 5.91 Å². The standard InChI is InChI=1S/C26H20ClN3O2S/c1-17-8-5-6-13-22(17)30-25(32)23(15-18-9-7-10-19(27)14-18)33-26(30)21(16-28)24(31)29-20-11-3-2-4-12-20/h2-14,23H,15H2,1H3,(H,29,31)/b26-21-/t23-/m1/s1. The quantitative estimate of drug-likeness (QED) is 0.380. The Balaban J connectivity index is 1.75. The number of anilines is 2. The first-order valence-electron chi connectivity index (χ1n) is 10.3. The Hall–Kier alpha value is -3.53. The minimum absolute atomic E-state index is 0.103. The summed E-state index contributed by atoms with van der Waals surface area (Å²) in [6.07, 6.45) is 0.426. The number of hydrogen-bond donors (Lipinski definition) is 1. The van der Waals surface area contributed by atoms with Crippen molar-refractivity contribution in [3.05, 3.63) is 106 Å². The molecule has 0 spiro atoms. The Labute approximate surface area is 201 Å². The number of nitriles is 1. The van der Waals surface area contributed by atoms with Gasteiger partial charge in [-0.2, -0.15) is 5.26 Å². The number of amides is 2. The van der Waals surface area contributed by atoms with Crippen molar-refractivity contribution in [1.29, 1.82) is 5.26 Å². The predicted octanol–water partition coefficient (Wildman–Crippen LogP) is 5.71. The van der Waals surface area contributed by atoms with Crippen LogP contribution < -0.4 is 10.2 Å². The molecule has 7 heteroatoms. The first-order chi connectivity index (χ1) is 16.0. The highest BCUT2D eigenvalue weighted by Gasteiger charge is 2.41. The van der Waals surface area contributed by atoms with E-state index in [-0.39, 0.29) is 11.5 Å². The van der Waals surface area contributed by atoms with E-state index in [9.17, 15) is 14.9 Å². The average molecular weight is 474 g/mol. The van der Waals surface area contributed by atoms with E-state index in [1.807, 2.05) is 61.5 Å². The Morgan fingerprint density at radius 3 is 2.52 bits per heavy atom. The molecule has 164 valence electrons. The van der Waals surface area contributed by atoms with Crippen molar-refractivity contribution in [3.63, 3.8) is 0 Å². The normalized spacial score (nSPS) is 16.9. The summed E-state index contributed by atoms with van der Waals surface area (Å²) < 4.78 is 0. The van der Waals surface area contributed by atoms with Crippen LogP contribution in [0.4, 0.5) is 11.4 Å². The fraction of sp³-hybridized carbons (Fsp3) is 0.115. The van der Waals surface area contributed by atoms with Gasteiger partial charge in [0.1, 0.15) is 16.7 Å². The number of benzene rings is 3. The number of nitrogens with zero attached hydrogens (tertiary/aromatic N) is 2. The molecule has 1 saturated heterocycles. The van der Waals surface area contributed by atoms with Gasteiger partial charge >= 0.3 is 0 Å². The lowest BCUT2D eigenvalue weighted by Crippen LogP contribution is -2.31. The van der Waals surface area contributed by atoms with Crippen LogP contribution in [0.3, 0.4) is 0 Å². The summed E-state index contributed by atoms with van der Waals surface area (Å²) in [5, 5.41) is 13.1. The third kappa shape index (κ3) is 4.95. The second-order valence-electron chi connectivity index (χ2n) is 7.51. The molecule has 0 radical (unpaired) electrons. The second-order valence-corrected chi connectivity index (χ2v) is 9.14. The molecule has 5 nitrogen and oxygen atoms in total. The first-order valence-corrected chi connectivity index (χ1v) is 11.5. The maximum Gasteiger partial charge on any atom is 0.269 e. The predicted molar refractivity (Wildman–Crippen MR) is 133 cm³/mol. The van der Waals surface area contributed by atoms with E-state index < -0.39 is 11.2 Å². The largest absolute Gasteiger partial charge is 0.321 e. The molecule has 0 unspecified atom stereocenters. The van der Waals surface area contributed by atoms with Gasteiger partial charge in [0, 0.05) is 10.7 Å². The number of carbonyl (C=O) groups is 2. The molecule has 1 atom stereocenters. The van der Waals surface area contributed by atoms with Crippen molar-refractivity contribution < 1.29 is 9.59 Å². The zero-order chi connectivity index (χ0) is 23.4. The maximum atomic E-state index is 13.6. The van der Waals surface area contributed by atoms with E-state index >= 15 is 0 Å². The van der Waals surface area contributed by atoms with E-state index in [1.165, 1.54) is 16.7 Å². The maximum absolute atomic E-state index is 13.6. The fourth-order valence-corrected chi connectivity index (χ4v) is 5.13. The molecule has 1 fully saturated rings. The minimum Gasteiger partial charge on any atom is -0.321 e. The summed E-state index contributed by atoms with van der Waals surface area (Å²) in [7, 11) is 0. The number of thioether (sulfide) groups is 1. The summed E-state index contributed by atoms with van der Waals surface area (Å²) in [6, 6.07) is 25.7. The third-order valence-electron chi connectivity index (χ3n) is 5.20. The Morgan fingerprint density at radius 1 is 1.09 bits per heavy atom. The van der Waals surface area contributed by atoms with Crippen molar-refractivity contribution >= 4 is 46.6 Å². The molecular formula is C26H20ClN3O2S. The molecule has 0 saturated carbocycles. The molecule has 2 amide bonds. The molecular weight excluding hydrogens is 454 g/mol. The number of nitrogens with one attached hydrogen (secondary N) is 1. The number of rotatable bonds is 5. The van der Waals surface area contributed by atoms with Gasteiger partial charge in [-0.05, 0) is 54.8 Å². The van der Waals surface area contributed by atoms with Gasteiger partial charge in [0.05, 0.1) is 10.9 Å². The SMILES string of the molecule is Cc1ccccc1N1C(=O)[C@@H](Cc2cccc(Cl)c2)S/C1=C(/C#N)C(=O)Nc1ccccc1. The number of hydrogen-bond acceptors (Lipinski definition) is 4. The first kappa shape index (κ1) is 22.7. The van der Waals surface area contributed by atoms with Crippen LogP contribution in [-0.2, 0) is 16.0 Å². The van der Waals surface area contributed by atoms with Crippen LogP contribution >= 0.6 is 23.4 Å². The van der Waals surface area contributed by atoms with Crippen LogP contribution in [0.2, 0.25) is 5.02 Å². The van der Waals surface area contributed by atoms with E-state index in [4.69, 9.17) is 11.6 Å². The van der Waals surface area contributed by atoms with Gasteiger partial charge < -0.3 is 5.32 Å². The molecule has 1 aliphatic heterocycles. The molecule has 0 aromatic heterocycles. The van der Waals surface area contributed by atoms with Crippen molar-refractivity contribution in [2.45, 2.75) is 18.6 Å². The fourth-order valence-electron chi connectivity index (χ4n) is 3.61. The molecule has 33 heavy (non-hydrogen) atoms. The van der Waals surface area contributed by atoms with Crippen molar-refractivity contribution in [1.82, 2.24) is 0 Å². The smallest absolute Gasteiger partial charge is 0.269 e. The lowest BCUT2D eigenvalue weighted by atomic mass is 10.1. The topological polar surface area (TPSA) is 73.2 Å². The van der Waals surface area contributed by atoms with Gasteiger partial charge in [-0.3, -0.25) is 14.5 Å². The van der Waals surface area contributed by atoms with Crippen molar-refractivity contribution in [3.8, 4) is 6.07 Å². The van der Waals surface area contributed by atoms with E-state index in [0.29, 0.717) is 27.8 Å². The van der Waals surface area contributed by atoms with E-state index in [0.717, 1.165) is 11.1 Å². The minimum atomic E-state index is -0.555. The van der Waals surface area contributed by atoms with Crippen LogP contribution in [0, 0.1) is 18.3 Å². The molecule has 3 aromatic rings. The highest BCUT2D eigenvalue weighted by Crippen LogP contribution is 2.43. The zero-order valence-corrected chi connectivity index (χ0v) is 19.4. The lowest BCUT2D eigenvalue weighted by molar-refractivity contribution is -0.117. The summed E-state index contributed by atoms with van der Waals surface area (Å²) in [5.74, 6) is -0.731. The van der Waals surface area contributed by atoms with Crippen LogP contribution in [0.25, 0.3) is 0 Å². The number of aryl methyl sites for hydroxylation is 1. The van der Waals surface area contributed by atoms with Gasteiger partial charge in [0.15, 0.2) is 0 Å². The molecule has 3 aromatic carbocycles. The zero-order valence-electron chi connectivity index (χ0n) is 17.8. The van der Waals surface area contributed by atoms with Gasteiger partial charge in [-0.25, -0.2) is 0 Å². The average Bonchev–Trinajstić information content (AvgIpc) is 3.11. The van der Waals surface area contributed by atoms with Crippen LogP contribution in [0.15, 0.2) is 89.5 Å². The Bertz CT molecular complexity index is 1280. The highest BCUT2D eigenvalue weighted by molar-refractivity contribution is 8.05. The molecule has 4 rings (SSSR count). The highest BCUT2D eigenvalue weighted by atomic mass is 35.5. The van der Waals surface area contributed by atoms with Gasteiger partial charge in [-0.1, -0.05) is 71.9 Å². The van der Waals surface area contributed by atoms with Crippen LogP contribution in [0.5, 0.6) is 0 Å². The second kappa shape index (κ2) is 9.95. The van der Waals surface area contributed by atoms with Crippen molar-refractivity contribution in [2.75, 3.05) is 10.2 Å². The van der Waals surface area contributed by atoms with Crippen molar-refractivity contribution in [2.24, 2.45) is 0 Å². The lowest BCUT2D eigenvalue weighted by Gasteiger charge is -2.20. The number of para-hydroxylation sites is 2. The number of halogens is 1. The Morgan fingerprint density at radius 2 is 1.82 bits per heavy atom. The van der Waals surface area contributed by atoms with E-state index in [1.54, 1.807) is 30.3 Å². The summed E-state index contributed by atoms with van der Waals surface area (Å²) in [6.45, 7) is 1.89. The summed E-state index contributed by atoms with van der Waals surface area (Å²) in [4.78, 5) is 28.1. The van der Waals surface area contributed by atoms with Gasteiger partial charge in [0.2, 0.25) is 5.91 Å². The van der Waals surface area contributed by atoms with Crippen LogP contribution in [-0.4, -0.2) is 17.1 Å². The van der Waals surface area contributed by atoms with E-state index in [2.05, 4.69) is 5.32 Å². The molecule has 0 aliphatic carbocycles. The molecule has 1 heterocycles. The number of carbonyl (C=O) groups excluding carboxylic acids is 2. The third-order valence-corrected chi connectivity index (χ3v) is 6.70. The monoisotopic (exact) mass is 473 g/mol. The van der Waals surface area contributed by atoms with Gasteiger partial charge in [-0.15, -0.1) is 0 Å². The molecule has 0 bridgehead atoms. The van der Waals surface area contributed by atoms with Crippen LogP contribution in [0.1, 0.15) is 11.1 Å². The summed E-state index contributed by atoms with van der Waals surface area (Å²) in [5.41, 5.74) is 2.90. The summed E-state index contributed by atoms with van der Waals surface area (Å²) >= 11 is 7.36. The molecule has 1 N–H and O–H groups in total.